The zero-order valence-electron chi connectivity index (χ0n) is 15.6. The molecular formula is C19H27N3O4S. The summed E-state index contributed by atoms with van der Waals surface area (Å²) in [5.74, 6) is -0.120. The van der Waals surface area contributed by atoms with Crippen molar-refractivity contribution in [1.29, 1.82) is 0 Å². The zero-order chi connectivity index (χ0) is 19.6. The number of carbonyl (C=O) groups excluding carboxylic acids is 2. The second kappa shape index (κ2) is 8.08. The number of nitrogens with zero attached hydrogens (tertiary/aromatic N) is 2. The van der Waals surface area contributed by atoms with Gasteiger partial charge in [0.25, 0.3) is 0 Å². The largest absolute Gasteiger partial charge is 0.338 e. The Balaban J connectivity index is 1.64. The van der Waals surface area contributed by atoms with Gasteiger partial charge in [-0.15, -0.1) is 0 Å². The summed E-state index contributed by atoms with van der Waals surface area (Å²) < 4.78 is 27.1. The minimum atomic E-state index is -3.61. The van der Waals surface area contributed by atoms with Gasteiger partial charge >= 0.3 is 0 Å². The second-order valence-corrected chi connectivity index (χ2v) is 9.26. The monoisotopic (exact) mass is 393 g/mol. The number of benzene rings is 1. The van der Waals surface area contributed by atoms with Crippen LogP contribution >= 0.6 is 0 Å². The number of carbonyl (C=O) groups is 2. The molecule has 1 aromatic rings. The summed E-state index contributed by atoms with van der Waals surface area (Å²) in [6.45, 7) is 3.33. The van der Waals surface area contributed by atoms with E-state index in [1.54, 1.807) is 0 Å². The van der Waals surface area contributed by atoms with Crippen molar-refractivity contribution in [3.05, 3.63) is 29.8 Å². The maximum absolute atomic E-state index is 12.8. The van der Waals surface area contributed by atoms with Crippen LogP contribution in [-0.2, 0) is 14.8 Å². The molecule has 1 atom stereocenters. The van der Waals surface area contributed by atoms with Crippen LogP contribution < -0.4 is 5.73 Å². The van der Waals surface area contributed by atoms with E-state index in [-0.39, 0.29) is 28.5 Å². The third kappa shape index (κ3) is 4.07. The highest BCUT2D eigenvalue weighted by Crippen LogP contribution is 2.28. The number of Topliss-reactive ketones (excluding diaryl/α,β-unsaturated/α-hetero) is 1. The summed E-state index contributed by atoms with van der Waals surface area (Å²) in [4.78, 5) is 26.2. The molecule has 0 aromatic heterocycles. The van der Waals surface area contributed by atoms with Crippen LogP contribution in [0.4, 0.5) is 0 Å². The zero-order valence-corrected chi connectivity index (χ0v) is 16.5. The maximum atomic E-state index is 12.8. The third-order valence-corrected chi connectivity index (χ3v) is 7.55. The lowest BCUT2D eigenvalue weighted by Gasteiger charge is -2.34. The molecule has 0 radical (unpaired) electrons. The molecule has 7 nitrogen and oxygen atoms in total. The van der Waals surface area contributed by atoms with Gasteiger partial charge in [-0.3, -0.25) is 9.59 Å². The smallest absolute Gasteiger partial charge is 0.243 e. The average molecular weight is 394 g/mol. The topological polar surface area (TPSA) is 101 Å². The van der Waals surface area contributed by atoms with Crippen molar-refractivity contribution in [2.75, 3.05) is 26.2 Å². The van der Waals surface area contributed by atoms with Gasteiger partial charge < -0.3 is 10.6 Å². The van der Waals surface area contributed by atoms with E-state index >= 15 is 0 Å². The molecule has 1 amide bonds. The van der Waals surface area contributed by atoms with Gasteiger partial charge in [-0.05, 0) is 44.7 Å². The van der Waals surface area contributed by atoms with Crippen LogP contribution in [0.3, 0.4) is 0 Å². The number of nitrogens with two attached hydrogens (primary N) is 1. The Kier molecular flexibility index (Phi) is 5.98. The van der Waals surface area contributed by atoms with Gasteiger partial charge in [0.2, 0.25) is 15.9 Å². The van der Waals surface area contributed by atoms with Crippen LogP contribution in [0.1, 0.15) is 43.0 Å². The highest BCUT2D eigenvalue weighted by molar-refractivity contribution is 7.89. The van der Waals surface area contributed by atoms with E-state index in [2.05, 4.69) is 0 Å². The van der Waals surface area contributed by atoms with Crippen molar-refractivity contribution in [2.45, 2.75) is 43.5 Å². The van der Waals surface area contributed by atoms with E-state index in [4.69, 9.17) is 5.73 Å². The summed E-state index contributed by atoms with van der Waals surface area (Å²) in [5, 5.41) is 0. The van der Waals surface area contributed by atoms with Crippen molar-refractivity contribution in [1.82, 2.24) is 9.21 Å². The molecule has 8 heteroatoms. The van der Waals surface area contributed by atoms with Crippen LogP contribution in [0.2, 0.25) is 0 Å². The standard InChI is InChI=1S/C19H27N3O4S/c1-14(23)15-4-6-18(7-5-15)27(25,26)21-11-8-16(9-12-21)19(24)22-10-2-3-17(22)13-20/h4-7,16-17H,2-3,8-13,20H2,1H3. The molecule has 2 N–H and O–H groups in total. The molecule has 148 valence electrons. The Bertz CT molecular complexity index is 799. The van der Waals surface area contributed by atoms with Crippen molar-refractivity contribution in [2.24, 2.45) is 11.7 Å². The first kappa shape index (κ1) is 20.0. The van der Waals surface area contributed by atoms with Gasteiger partial charge in [0.15, 0.2) is 5.78 Å². The highest BCUT2D eigenvalue weighted by atomic mass is 32.2. The minimum absolute atomic E-state index is 0.101. The van der Waals surface area contributed by atoms with E-state index < -0.39 is 10.0 Å². The number of rotatable bonds is 5. The molecule has 2 fully saturated rings. The molecular weight excluding hydrogens is 366 g/mol. The Hall–Kier alpha value is -1.77. The second-order valence-electron chi connectivity index (χ2n) is 7.32. The van der Waals surface area contributed by atoms with E-state index in [1.807, 2.05) is 4.90 Å². The molecule has 0 saturated carbocycles. The van der Waals surface area contributed by atoms with Crippen LogP contribution in [0, 0.1) is 5.92 Å². The molecule has 2 aliphatic heterocycles. The molecule has 2 aliphatic rings. The van der Waals surface area contributed by atoms with Gasteiger partial charge in [-0.25, -0.2) is 8.42 Å². The fourth-order valence-electron chi connectivity index (χ4n) is 3.96. The first-order chi connectivity index (χ1) is 12.8. The third-order valence-electron chi connectivity index (χ3n) is 5.63. The summed E-state index contributed by atoms with van der Waals surface area (Å²) in [7, 11) is -3.61. The van der Waals surface area contributed by atoms with Crippen LogP contribution in [0.25, 0.3) is 0 Å². The molecule has 0 aliphatic carbocycles. The van der Waals surface area contributed by atoms with E-state index in [0.717, 1.165) is 19.4 Å². The average Bonchev–Trinajstić information content (AvgIpc) is 3.16. The van der Waals surface area contributed by atoms with Crippen molar-refractivity contribution < 1.29 is 18.0 Å². The lowest BCUT2D eigenvalue weighted by atomic mass is 9.96. The van der Waals surface area contributed by atoms with Gasteiger partial charge in [0.1, 0.15) is 0 Å². The van der Waals surface area contributed by atoms with Gasteiger partial charge in [0, 0.05) is 43.7 Å². The van der Waals surface area contributed by atoms with Crippen LogP contribution in [0.15, 0.2) is 29.2 Å². The van der Waals surface area contributed by atoms with Crippen LogP contribution in [0.5, 0.6) is 0 Å². The Morgan fingerprint density at radius 3 is 2.26 bits per heavy atom. The number of amides is 1. The molecule has 2 heterocycles. The molecule has 1 unspecified atom stereocenters. The van der Waals surface area contributed by atoms with Crippen molar-refractivity contribution >= 4 is 21.7 Å². The first-order valence-electron chi connectivity index (χ1n) is 9.46. The Morgan fingerprint density at radius 2 is 1.70 bits per heavy atom. The predicted octanol–water partition coefficient (Wildman–Crippen LogP) is 1.24. The number of likely N-dealkylation sites (tertiary alicyclic amines) is 1. The number of hydrogen-bond donors (Lipinski definition) is 1. The Labute approximate surface area is 160 Å². The predicted molar refractivity (Wildman–Crippen MR) is 102 cm³/mol. The summed E-state index contributed by atoms with van der Waals surface area (Å²) in [6.07, 6.45) is 2.98. The minimum Gasteiger partial charge on any atom is -0.338 e. The fourth-order valence-corrected chi connectivity index (χ4v) is 5.43. The summed E-state index contributed by atoms with van der Waals surface area (Å²) in [6, 6.07) is 6.13. The van der Waals surface area contributed by atoms with E-state index in [0.29, 0.717) is 38.0 Å². The summed E-state index contributed by atoms with van der Waals surface area (Å²) >= 11 is 0. The summed E-state index contributed by atoms with van der Waals surface area (Å²) in [5.41, 5.74) is 6.25. The fraction of sp³-hybridized carbons (Fsp3) is 0.579. The Morgan fingerprint density at radius 1 is 1.07 bits per heavy atom. The number of ketones is 1. The molecule has 0 bridgehead atoms. The molecule has 3 rings (SSSR count). The van der Waals surface area contributed by atoms with E-state index in [1.165, 1.54) is 35.5 Å². The number of hydrogen-bond acceptors (Lipinski definition) is 5. The lowest BCUT2D eigenvalue weighted by Crippen LogP contribution is -2.47. The van der Waals surface area contributed by atoms with Crippen molar-refractivity contribution in [3.63, 3.8) is 0 Å². The molecule has 1 aromatic carbocycles. The molecule has 0 spiro atoms. The quantitative estimate of drug-likeness (QED) is 0.759. The van der Waals surface area contributed by atoms with Gasteiger partial charge in [0.05, 0.1) is 4.90 Å². The van der Waals surface area contributed by atoms with E-state index in [9.17, 15) is 18.0 Å². The van der Waals surface area contributed by atoms with Crippen LogP contribution in [-0.4, -0.2) is 61.5 Å². The normalized spacial score (nSPS) is 22.1. The van der Waals surface area contributed by atoms with Gasteiger partial charge in [-0.2, -0.15) is 4.31 Å². The lowest BCUT2D eigenvalue weighted by molar-refractivity contribution is -0.137. The van der Waals surface area contributed by atoms with Crippen molar-refractivity contribution in [3.8, 4) is 0 Å². The molecule has 2 saturated heterocycles. The number of sulfonamides is 1. The molecule has 27 heavy (non-hydrogen) atoms. The number of piperidine rings is 1. The first-order valence-corrected chi connectivity index (χ1v) is 10.9. The maximum Gasteiger partial charge on any atom is 0.243 e. The SMILES string of the molecule is CC(=O)c1ccc(S(=O)(=O)N2CCC(C(=O)N3CCCC3CN)CC2)cc1. The van der Waals surface area contributed by atoms with Gasteiger partial charge in [-0.1, -0.05) is 12.1 Å². The highest BCUT2D eigenvalue weighted by Gasteiger charge is 2.36.